The predicted molar refractivity (Wildman–Crippen MR) is 88.2 cm³/mol. The molecule has 3 heteroatoms. The molecule has 2 nitrogen and oxygen atoms in total. The van der Waals surface area contributed by atoms with Crippen molar-refractivity contribution in [2.45, 2.75) is 42.1 Å². The molecule has 1 fully saturated rings. The highest BCUT2D eigenvalue weighted by atomic mass is 32.2. The summed E-state index contributed by atoms with van der Waals surface area (Å²) in [6.07, 6.45) is 2.64. The van der Waals surface area contributed by atoms with Crippen LogP contribution in [0.2, 0.25) is 0 Å². The molecule has 1 aliphatic rings. The van der Waals surface area contributed by atoms with Crippen molar-refractivity contribution in [3.05, 3.63) is 53.6 Å². The molecule has 0 radical (unpaired) electrons. The predicted octanol–water partition coefficient (Wildman–Crippen LogP) is 4.41. The molecule has 21 heavy (non-hydrogen) atoms. The van der Waals surface area contributed by atoms with Gasteiger partial charge in [0.05, 0.1) is 12.0 Å². The fourth-order valence-corrected chi connectivity index (χ4v) is 3.34. The first-order valence-corrected chi connectivity index (χ1v) is 8.21. The average Bonchev–Trinajstić information content (AvgIpc) is 3.32. The largest absolute Gasteiger partial charge is 0.496 e. The Hall–Kier alpha value is -1.45. The lowest BCUT2D eigenvalue weighted by atomic mass is 10.1. The lowest BCUT2D eigenvalue weighted by molar-refractivity contribution is 0.405. The van der Waals surface area contributed by atoms with Crippen LogP contribution in [0.25, 0.3) is 0 Å². The van der Waals surface area contributed by atoms with Crippen molar-refractivity contribution >= 4 is 11.8 Å². The van der Waals surface area contributed by atoms with Crippen LogP contribution >= 0.6 is 11.8 Å². The normalized spacial score (nSPS) is 14.2. The number of rotatable bonds is 6. The maximum atomic E-state index is 5.45. The van der Waals surface area contributed by atoms with E-state index in [4.69, 9.17) is 4.74 Å². The molecule has 110 valence electrons. The Bertz CT molecular complexity index is 622. The van der Waals surface area contributed by atoms with Crippen molar-refractivity contribution < 1.29 is 4.74 Å². The van der Waals surface area contributed by atoms with Gasteiger partial charge in [0.2, 0.25) is 0 Å². The summed E-state index contributed by atoms with van der Waals surface area (Å²) < 4.78 is 5.45. The molecular weight excluding hydrogens is 278 g/mol. The highest BCUT2D eigenvalue weighted by molar-refractivity contribution is 7.99. The quantitative estimate of drug-likeness (QED) is 0.854. The van der Waals surface area contributed by atoms with Crippen LogP contribution in [0.1, 0.15) is 24.0 Å². The number of methoxy groups -OCH3 is 1. The second-order valence-corrected chi connectivity index (χ2v) is 6.60. The third kappa shape index (κ3) is 3.80. The summed E-state index contributed by atoms with van der Waals surface area (Å²) in [7, 11) is 1.73. The number of nitrogens with one attached hydrogen (secondary N) is 1. The minimum absolute atomic E-state index is 0.731. The number of hydrogen-bond donors (Lipinski definition) is 1. The third-order valence-electron chi connectivity index (χ3n) is 3.66. The van der Waals surface area contributed by atoms with Gasteiger partial charge in [0.15, 0.2) is 0 Å². The van der Waals surface area contributed by atoms with Crippen LogP contribution in [0.5, 0.6) is 5.75 Å². The van der Waals surface area contributed by atoms with Crippen molar-refractivity contribution in [1.29, 1.82) is 0 Å². The smallest absolute Gasteiger partial charge is 0.132 e. The summed E-state index contributed by atoms with van der Waals surface area (Å²) in [6.45, 7) is 3.10. The summed E-state index contributed by atoms with van der Waals surface area (Å²) in [5, 5.41) is 3.61. The van der Waals surface area contributed by atoms with Gasteiger partial charge in [-0.3, -0.25) is 0 Å². The molecule has 0 aliphatic heterocycles. The number of aryl methyl sites for hydroxylation is 1. The lowest BCUT2D eigenvalue weighted by Gasteiger charge is -2.13. The second kappa shape index (κ2) is 6.54. The van der Waals surface area contributed by atoms with Crippen molar-refractivity contribution in [2.75, 3.05) is 7.11 Å². The fourth-order valence-electron chi connectivity index (χ4n) is 2.31. The fraction of sp³-hybridized carbons (Fsp3) is 0.333. The number of benzene rings is 2. The Morgan fingerprint density at radius 2 is 1.95 bits per heavy atom. The zero-order valence-corrected chi connectivity index (χ0v) is 13.4. The van der Waals surface area contributed by atoms with Gasteiger partial charge in [0.25, 0.3) is 0 Å². The first-order chi connectivity index (χ1) is 10.3. The van der Waals surface area contributed by atoms with Gasteiger partial charge in [0.1, 0.15) is 5.75 Å². The molecular formula is C18H21NOS. The number of para-hydroxylation sites is 1. The van der Waals surface area contributed by atoms with E-state index in [1.807, 2.05) is 12.1 Å². The van der Waals surface area contributed by atoms with Crippen LogP contribution in [-0.4, -0.2) is 13.2 Å². The molecule has 0 heterocycles. The van der Waals surface area contributed by atoms with Crippen LogP contribution in [0.15, 0.2) is 52.3 Å². The maximum Gasteiger partial charge on any atom is 0.132 e. The van der Waals surface area contributed by atoms with Gasteiger partial charge in [0, 0.05) is 17.5 Å². The van der Waals surface area contributed by atoms with E-state index in [9.17, 15) is 0 Å². The van der Waals surface area contributed by atoms with Crippen molar-refractivity contribution in [1.82, 2.24) is 5.32 Å². The highest BCUT2D eigenvalue weighted by Crippen LogP contribution is 2.36. The van der Waals surface area contributed by atoms with Gasteiger partial charge in [-0.05, 0) is 43.5 Å². The summed E-state index contributed by atoms with van der Waals surface area (Å²) in [5.74, 6) is 0.934. The maximum absolute atomic E-state index is 5.45. The summed E-state index contributed by atoms with van der Waals surface area (Å²) in [5.41, 5.74) is 2.68. The molecule has 0 saturated heterocycles. The van der Waals surface area contributed by atoms with Crippen molar-refractivity contribution in [3.63, 3.8) is 0 Å². The molecule has 0 aromatic heterocycles. The van der Waals surface area contributed by atoms with E-state index >= 15 is 0 Å². The molecule has 0 unspecified atom stereocenters. The van der Waals surface area contributed by atoms with E-state index in [2.05, 4.69) is 42.6 Å². The summed E-state index contributed by atoms with van der Waals surface area (Å²) in [4.78, 5) is 2.47. The number of hydrogen-bond acceptors (Lipinski definition) is 3. The third-order valence-corrected chi connectivity index (χ3v) is 4.84. The van der Waals surface area contributed by atoms with E-state index in [1.165, 1.54) is 28.9 Å². The first kappa shape index (κ1) is 14.5. The molecule has 0 spiro atoms. The van der Waals surface area contributed by atoms with Gasteiger partial charge in [-0.15, -0.1) is 0 Å². The number of ether oxygens (including phenoxy) is 1. The molecule has 0 atom stereocenters. The van der Waals surface area contributed by atoms with E-state index in [1.54, 1.807) is 18.9 Å². The zero-order valence-electron chi connectivity index (χ0n) is 12.6. The molecule has 1 aliphatic carbocycles. The summed E-state index contributed by atoms with van der Waals surface area (Å²) in [6, 6.07) is 15.6. The Morgan fingerprint density at radius 1 is 1.14 bits per heavy atom. The minimum Gasteiger partial charge on any atom is -0.496 e. The first-order valence-electron chi connectivity index (χ1n) is 7.40. The summed E-state index contributed by atoms with van der Waals surface area (Å²) >= 11 is 1.78. The second-order valence-electron chi connectivity index (χ2n) is 5.52. The SMILES string of the molecule is COc1ccccc1Sc1ccc(C)cc1CNC1CC1. The minimum atomic E-state index is 0.731. The van der Waals surface area contributed by atoms with Crippen LogP contribution in [0.4, 0.5) is 0 Å². The molecule has 0 amide bonds. The van der Waals surface area contributed by atoms with Crippen molar-refractivity contribution in [2.24, 2.45) is 0 Å². The average molecular weight is 299 g/mol. The van der Waals surface area contributed by atoms with E-state index in [-0.39, 0.29) is 0 Å². The van der Waals surface area contributed by atoms with Gasteiger partial charge in [-0.25, -0.2) is 0 Å². The van der Waals surface area contributed by atoms with Gasteiger partial charge >= 0.3 is 0 Å². The van der Waals surface area contributed by atoms with Crippen LogP contribution in [-0.2, 0) is 6.54 Å². The molecule has 0 bridgehead atoms. The highest BCUT2D eigenvalue weighted by Gasteiger charge is 2.20. The lowest BCUT2D eigenvalue weighted by Crippen LogP contribution is -2.15. The molecule has 1 saturated carbocycles. The molecule has 2 aromatic carbocycles. The Morgan fingerprint density at radius 3 is 2.71 bits per heavy atom. The molecule has 1 N–H and O–H groups in total. The van der Waals surface area contributed by atoms with Crippen molar-refractivity contribution in [3.8, 4) is 5.75 Å². The van der Waals surface area contributed by atoms with Crippen LogP contribution in [0.3, 0.4) is 0 Å². The van der Waals surface area contributed by atoms with E-state index < -0.39 is 0 Å². The standard InChI is InChI=1S/C18H21NOS/c1-13-7-10-17(14(11-13)12-19-15-8-9-15)21-18-6-4-3-5-16(18)20-2/h3-7,10-11,15,19H,8-9,12H2,1-2H3. The Labute approximate surface area is 130 Å². The molecule has 3 rings (SSSR count). The van der Waals surface area contributed by atoms with Gasteiger partial charge in [-0.2, -0.15) is 0 Å². The van der Waals surface area contributed by atoms with Crippen LogP contribution < -0.4 is 10.1 Å². The van der Waals surface area contributed by atoms with E-state index in [0.29, 0.717) is 0 Å². The monoisotopic (exact) mass is 299 g/mol. The van der Waals surface area contributed by atoms with Gasteiger partial charge in [-0.1, -0.05) is 41.6 Å². The van der Waals surface area contributed by atoms with Gasteiger partial charge < -0.3 is 10.1 Å². The van der Waals surface area contributed by atoms with Crippen LogP contribution in [0, 0.1) is 6.92 Å². The Kier molecular flexibility index (Phi) is 4.51. The van der Waals surface area contributed by atoms with E-state index in [0.717, 1.165) is 23.2 Å². The Balaban J connectivity index is 1.82. The zero-order chi connectivity index (χ0) is 14.7. The topological polar surface area (TPSA) is 21.3 Å². The molecule has 2 aromatic rings.